The number of piperazine rings is 1. The zero-order valence-electron chi connectivity index (χ0n) is 11.1. The monoisotopic (exact) mass is 255 g/mol. The van der Waals surface area contributed by atoms with Crippen molar-refractivity contribution in [1.82, 2.24) is 9.80 Å². The topological polar surface area (TPSA) is 32.5 Å². The first-order chi connectivity index (χ1) is 7.99. The fourth-order valence-electron chi connectivity index (χ4n) is 2.35. The molecule has 2 N–H and O–H groups in total. The molecule has 2 rings (SSSR count). The first kappa shape index (κ1) is 13.2. The summed E-state index contributed by atoms with van der Waals surface area (Å²) in [6, 6.07) is 0.921. The third-order valence-electron chi connectivity index (χ3n) is 4.19. The molecule has 1 saturated heterocycles. The van der Waals surface area contributed by atoms with E-state index >= 15 is 0 Å². The van der Waals surface area contributed by atoms with Crippen LogP contribution in [0.4, 0.5) is 0 Å². The summed E-state index contributed by atoms with van der Waals surface area (Å²) in [7, 11) is 0. The van der Waals surface area contributed by atoms with Gasteiger partial charge in [0.25, 0.3) is 0 Å². The molecule has 0 aromatic carbocycles. The van der Waals surface area contributed by atoms with E-state index in [1.807, 2.05) is 0 Å². The van der Waals surface area contributed by atoms with E-state index in [0.717, 1.165) is 19.0 Å². The summed E-state index contributed by atoms with van der Waals surface area (Å²) in [5.74, 6) is 0. The molecule has 1 aliphatic carbocycles. The van der Waals surface area contributed by atoms with Gasteiger partial charge in [-0.2, -0.15) is 0 Å². The molecule has 17 heavy (non-hydrogen) atoms. The van der Waals surface area contributed by atoms with Crippen molar-refractivity contribution >= 4 is 17.2 Å². The van der Waals surface area contributed by atoms with E-state index < -0.39 is 0 Å². The van der Waals surface area contributed by atoms with Crippen LogP contribution in [0.25, 0.3) is 0 Å². The second-order valence-corrected chi connectivity index (χ2v) is 6.55. The number of nitrogens with two attached hydrogens (primary N) is 1. The predicted octanol–water partition coefficient (Wildman–Crippen LogP) is 1.47. The van der Waals surface area contributed by atoms with E-state index in [1.165, 1.54) is 39.0 Å². The van der Waals surface area contributed by atoms with E-state index in [-0.39, 0.29) is 5.41 Å². The predicted molar refractivity (Wildman–Crippen MR) is 76.2 cm³/mol. The second kappa shape index (κ2) is 5.21. The lowest BCUT2D eigenvalue weighted by Crippen LogP contribution is -2.48. The van der Waals surface area contributed by atoms with E-state index in [1.54, 1.807) is 0 Å². The molecule has 1 heterocycles. The van der Waals surface area contributed by atoms with E-state index in [0.29, 0.717) is 4.99 Å². The van der Waals surface area contributed by atoms with Crippen molar-refractivity contribution < 1.29 is 0 Å². The zero-order valence-corrected chi connectivity index (χ0v) is 11.9. The quantitative estimate of drug-likeness (QED) is 0.754. The second-order valence-electron chi connectivity index (χ2n) is 6.11. The van der Waals surface area contributed by atoms with Gasteiger partial charge in [0.2, 0.25) is 0 Å². The van der Waals surface area contributed by atoms with Gasteiger partial charge >= 0.3 is 0 Å². The van der Waals surface area contributed by atoms with Crippen LogP contribution in [0.1, 0.15) is 33.1 Å². The highest BCUT2D eigenvalue weighted by atomic mass is 32.1. The molecule has 0 radical (unpaired) electrons. The van der Waals surface area contributed by atoms with Gasteiger partial charge in [-0.25, -0.2) is 0 Å². The van der Waals surface area contributed by atoms with E-state index in [9.17, 15) is 0 Å². The lowest BCUT2D eigenvalue weighted by molar-refractivity contribution is 0.120. The lowest BCUT2D eigenvalue weighted by atomic mass is 9.89. The SMILES string of the molecule is CC(C)(CCN1CCN(C2CC2)CC1)C(N)=S. The van der Waals surface area contributed by atoms with Crippen LogP contribution in [0.15, 0.2) is 0 Å². The molecule has 0 amide bonds. The van der Waals surface area contributed by atoms with E-state index in [4.69, 9.17) is 18.0 Å². The number of thiocarbonyl (C=S) groups is 1. The van der Waals surface area contributed by atoms with Crippen molar-refractivity contribution in [2.24, 2.45) is 11.1 Å². The highest BCUT2D eigenvalue weighted by Gasteiger charge is 2.31. The number of nitrogens with zero attached hydrogens (tertiary/aromatic N) is 2. The largest absolute Gasteiger partial charge is 0.393 e. The van der Waals surface area contributed by atoms with Gasteiger partial charge in [0.15, 0.2) is 0 Å². The Labute approximate surface area is 110 Å². The van der Waals surface area contributed by atoms with Crippen molar-refractivity contribution in [3.8, 4) is 0 Å². The fraction of sp³-hybridized carbons (Fsp3) is 0.923. The molecule has 0 bridgehead atoms. The third-order valence-corrected chi connectivity index (χ3v) is 4.74. The maximum atomic E-state index is 5.76. The Morgan fingerprint density at radius 2 is 1.82 bits per heavy atom. The van der Waals surface area contributed by atoms with Crippen LogP contribution < -0.4 is 5.73 Å². The van der Waals surface area contributed by atoms with Crippen LogP contribution in [0.3, 0.4) is 0 Å². The highest BCUT2D eigenvalue weighted by molar-refractivity contribution is 7.80. The maximum Gasteiger partial charge on any atom is 0.0784 e. The molecule has 4 heteroatoms. The molecule has 2 fully saturated rings. The Bertz CT molecular complexity index is 278. The lowest BCUT2D eigenvalue weighted by Gasteiger charge is -2.36. The van der Waals surface area contributed by atoms with Crippen molar-refractivity contribution in [3.05, 3.63) is 0 Å². The van der Waals surface area contributed by atoms with Gasteiger partial charge in [0.1, 0.15) is 0 Å². The minimum Gasteiger partial charge on any atom is -0.393 e. The molecule has 1 saturated carbocycles. The zero-order chi connectivity index (χ0) is 12.5. The molecule has 0 aromatic rings. The van der Waals surface area contributed by atoms with Crippen molar-refractivity contribution in [2.45, 2.75) is 39.2 Å². The van der Waals surface area contributed by atoms with Crippen molar-refractivity contribution in [1.29, 1.82) is 0 Å². The molecule has 0 spiro atoms. The van der Waals surface area contributed by atoms with Gasteiger partial charge in [-0.15, -0.1) is 0 Å². The normalized spacial score (nSPS) is 23.9. The number of rotatable bonds is 5. The first-order valence-corrected chi connectivity index (χ1v) is 7.16. The third kappa shape index (κ3) is 3.63. The summed E-state index contributed by atoms with van der Waals surface area (Å²) in [5, 5.41) is 0. The van der Waals surface area contributed by atoms with Gasteiger partial charge < -0.3 is 10.6 Å². The minimum atomic E-state index is 0.00294. The van der Waals surface area contributed by atoms with Crippen molar-refractivity contribution in [3.63, 3.8) is 0 Å². The average Bonchev–Trinajstić information content (AvgIpc) is 3.11. The van der Waals surface area contributed by atoms with Gasteiger partial charge in [-0.05, 0) is 25.8 Å². The van der Waals surface area contributed by atoms with Gasteiger partial charge in [0, 0.05) is 37.6 Å². The highest BCUT2D eigenvalue weighted by Crippen LogP contribution is 2.28. The average molecular weight is 255 g/mol. The van der Waals surface area contributed by atoms with Crippen LogP contribution in [-0.4, -0.2) is 53.6 Å². The Kier molecular flexibility index (Phi) is 4.06. The summed E-state index contributed by atoms with van der Waals surface area (Å²) in [4.78, 5) is 5.85. The Balaban J connectivity index is 1.69. The molecular weight excluding hydrogens is 230 g/mol. The van der Waals surface area contributed by atoms with Crippen LogP contribution in [0, 0.1) is 5.41 Å². The summed E-state index contributed by atoms with van der Waals surface area (Å²) in [5.41, 5.74) is 5.76. The minimum absolute atomic E-state index is 0.00294. The summed E-state index contributed by atoms with van der Waals surface area (Å²) in [6.45, 7) is 10.3. The molecule has 0 aromatic heterocycles. The maximum absolute atomic E-state index is 5.76. The van der Waals surface area contributed by atoms with Crippen molar-refractivity contribution in [2.75, 3.05) is 32.7 Å². The molecule has 0 unspecified atom stereocenters. The van der Waals surface area contributed by atoms with Gasteiger partial charge in [0.05, 0.1) is 4.99 Å². The Morgan fingerprint density at radius 3 is 2.29 bits per heavy atom. The summed E-state index contributed by atoms with van der Waals surface area (Å²) in [6.07, 6.45) is 3.93. The number of hydrogen-bond acceptors (Lipinski definition) is 3. The fourth-order valence-corrected chi connectivity index (χ4v) is 2.45. The molecular formula is C13H25N3S. The molecule has 3 nitrogen and oxygen atoms in total. The van der Waals surface area contributed by atoms with E-state index in [2.05, 4.69) is 23.6 Å². The first-order valence-electron chi connectivity index (χ1n) is 6.75. The summed E-state index contributed by atoms with van der Waals surface area (Å²) < 4.78 is 0. The van der Waals surface area contributed by atoms with Gasteiger partial charge in [-0.1, -0.05) is 26.1 Å². The molecule has 0 atom stereocenters. The standard InChI is InChI=1S/C13H25N3S/c1-13(2,12(14)17)5-6-15-7-9-16(10-8-15)11-3-4-11/h11H,3-10H2,1-2H3,(H2,14,17). The Hall–Kier alpha value is -0.190. The van der Waals surface area contributed by atoms with Gasteiger partial charge in [-0.3, -0.25) is 4.90 Å². The van der Waals surface area contributed by atoms with Crippen LogP contribution in [0.2, 0.25) is 0 Å². The van der Waals surface area contributed by atoms with Crippen LogP contribution in [0.5, 0.6) is 0 Å². The molecule has 98 valence electrons. The smallest absolute Gasteiger partial charge is 0.0784 e. The van der Waals surface area contributed by atoms with Crippen LogP contribution >= 0.6 is 12.2 Å². The molecule has 1 aliphatic heterocycles. The Morgan fingerprint density at radius 1 is 1.24 bits per heavy atom. The van der Waals surface area contributed by atoms with Crippen LogP contribution in [-0.2, 0) is 0 Å². The molecule has 2 aliphatic rings. The number of hydrogen-bond donors (Lipinski definition) is 1. The summed E-state index contributed by atoms with van der Waals surface area (Å²) >= 11 is 5.11.